The van der Waals surface area contributed by atoms with Crippen molar-refractivity contribution in [1.82, 2.24) is 10.3 Å². The lowest BCUT2D eigenvalue weighted by Crippen LogP contribution is -2.28. The van der Waals surface area contributed by atoms with E-state index >= 15 is 0 Å². The number of hydrogen-bond acceptors (Lipinski definition) is 3. The maximum absolute atomic E-state index is 9.53. The smallest absolute Gasteiger partial charge is 0.0605 e. The molecule has 0 bridgehead atoms. The standard InChI is InChI=1S/C14H22N2O/c1-2-12(17)8-10-15-13-7-3-5-11-6-4-9-16-14(11)13/h4,6,9,12-13,15,17H,2-3,5,7-8,10H2,1H3. The van der Waals surface area contributed by atoms with Gasteiger partial charge in [-0.25, -0.2) is 0 Å². The molecule has 3 heteroatoms. The van der Waals surface area contributed by atoms with Crippen molar-refractivity contribution in [2.75, 3.05) is 6.54 Å². The molecule has 3 nitrogen and oxygen atoms in total. The van der Waals surface area contributed by atoms with Crippen molar-refractivity contribution in [2.24, 2.45) is 0 Å². The van der Waals surface area contributed by atoms with Crippen LogP contribution in [0.4, 0.5) is 0 Å². The van der Waals surface area contributed by atoms with Crippen LogP contribution in [0, 0.1) is 0 Å². The fourth-order valence-corrected chi connectivity index (χ4v) is 2.44. The number of pyridine rings is 1. The molecule has 1 aromatic heterocycles. The summed E-state index contributed by atoms with van der Waals surface area (Å²) in [6, 6.07) is 4.57. The first kappa shape index (κ1) is 12.5. The average molecular weight is 234 g/mol. The molecule has 0 saturated heterocycles. The van der Waals surface area contributed by atoms with E-state index in [1.165, 1.54) is 17.7 Å². The molecule has 2 unspecified atom stereocenters. The van der Waals surface area contributed by atoms with Gasteiger partial charge in [0, 0.05) is 12.2 Å². The normalized spacial score (nSPS) is 20.9. The first-order valence-electron chi connectivity index (χ1n) is 6.66. The Hall–Kier alpha value is -0.930. The summed E-state index contributed by atoms with van der Waals surface area (Å²) < 4.78 is 0. The second-order valence-electron chi connectivity index (χ2n) is 4.80. The van der Waals surface area contributed by atoms with Gasteiger partial charge in [0.25, 0.3) is 0 Å². The zero-order chi connectivity index (χ0) is 12.1. The SMILES string of the molecule is CCC(O)CCNC1CCCc2cccnc21. The van der Waals surface area contributed by atoms with Gasteiger partial charge >= 0.3 is 0 Å². The first-order chi connectivity index (χ1) is 8.31. The number of nitrogens with one attached hydrogen (secondary N) is 1. The van der Waals surface area contributed by atoms with Crippen molar-refractivity contribution in [3.63, 3.8) is 0 Å². The maximum Gasteiger partial charge on any atom is 0.0605 e. The van der Waals surface area contributed by atoms with Crippen LogP contribution in [0.5, 0.6) is 0 Å². The molecule has 17 heavy (non-hydrogen) atoms. The Morgan fingerprint density at radius 3 is 3.29 bits per heavy atom. The Labute approximate surface area is 103 Å². The highest BCUT2D eigenvalue weighted by Gasteiger charge is 2.20. The molecule has 1 aromatic rings. The minimum absolute atomic E-state index is 0.172. The van der Waals surface area contributed by atoms with Crippen molar-refractivity contribution in [1.29, 1.82) is 0 Å². The van der Waals surface area contributed by atoms with E-state index in [-0.39, 0.29) is 6.10 Å². The third-order valence-electron chi connectivity index (χ3n) is 3.53. The number of rotatable bonds is 5. The zero-order valence-corrected chi connectivity index (χ0v) is 10.5. The molecule has 1 heterocycles. The predicted molar refractivity (Wildman–Crippen MR) is 68.8 cm³/mol. The highest BCUT2D eigenvalue weighted by Crippen LogP contribution is 2.27. The first-order valence-corrected chi connectivity index (χ1v) is 6.66. The van der Waals surface area contributed by atoms with Gasteiger partial charge in [0.15, 0.2) is 0 Å². The number of aliphatic hydroxyl groups excluding tert-OH is 1. The fourth-order valence-electron chi connectivity index (χ4n) is 2.44. The van der Waals surface area contributed by atoms with Gasteiger partial charge in [-0.15, -0.1) is 0 Å². The summed E-state index contributed by atoms with van der Waals surface area (Å²) in [4.78, 5) is 4.49. The van der Waals surface area contributed by atoms with Crippen LogP contribution in [0.3, 0.4) is 0 Å². The van der Waals surface area contributed by atoms with Crippen LogP contribution in [-0.4, -0.2) is 22.7 Å². The van der Waals surface area contributed by atoms with Crippen LogP contribution in [0.15, 0.2) is 18.3 Å². The van der Waals surface area contributed by atoms with Crippen molar-refractivity contribution >= 4 is 0 Å². The second kappa shape index (κ2) is 6.12. The van der Waals surface area contributed by atoms with Crippen LogP contribution in [-0.2, 0) is 6.42 Å². The van der Waals surface area contributed by atoms with Crippen LogP contribution < -0.4 is 5.32 Å². The van der Waals surface area contributed by atoms with E-state index in [0.717, 1.165) is 32.2 Å². The molecule has 2 N–H and O–H groups in total. The molecule has 1 aliphatic carbocycles. The summed E-state index contributed by atoms with van der Waals surface area (Å²) in [6.45, 7) is 2.89. The molecular formula is C14H22N2O. The average Bonchev–Trinajstić information content (AvgIpc) is 2.39. The summed E-state index contributed by atoms with van der Waals surface area (Å²) in [7, 11) is 0. The predicted octanol–water partition coefficient (Wildman–Crippen LogP) is 2.21. The lowest BCUT2D eigenvalue weighted by atomic mass is 9.92. The van der Waals surface area contributed by atoms with E-state index in [9.17, 15) is 5.11 Å². The minimum Gasteiger partial charge on any atom is -0.393 e. The van der Waals surface area contributed by atoms with E-state index in [1.807, 2.05) is 19.2 Å². The number of aliphatic hydroxyl groups is 1. The molecule has 2 rings (SSSR count). The Morgan fingerprint density at radius 1 is 1.59 bits per heavy atom. The Bertz CT molecular complexity index is 354. The molecule has 0 spiro atoms. The van der Waals surface area contributed by atoms with Gasteiger partial charge in [0.05, 0.1) is 11.8 Å². The van der Waals surface area contributed by atoms with Gasteiger partial charge in [0.1, 0.15) is 0 Å². The second-order valence-corrected chi connectivity index (χ2v) is 4.80. The molecule has 0 radical (unpaired) electrons. The van der Waals surface area contributed by atoms with Crippen molar-refractivity contribution in [2.45, 2.75) is 51.2 Å². The third-order valence-corrected chi connectivity index (χ3v) is 3.53. The van der Waals surface area contributed by atoms with E-state index in [4.69, 9.17) is 0 Å². The Morgan fingerprint density at radius 2 is 2.47 bits per heavy atom. The van der Waals surface area contributed by atoms with Gasteiger partial charge in [-0.3, -0.25) is 4.98 Å². The minimum atomic E-state index is -0.172. The summed E-state index contributed by atoms with van der Waals surface area (Å²) in [5, 5.41) is 13.0. The highest BCUT2D eigenvalue weighted by atomic mass is 16.3. The van der Waals surface area contributed by atoms with Crippen molar-refractivity contribution < 1.29 is 5.11 Å². The summed E-state index contributed by atoms with van der Waals surface area (Å²) >= 11 is 0. The van der Waals surface area contributed by atoms with E-state index in [1.54, 1.807) is 0 Å². The van der Waals surface area contributed by atoms with Gasteiger partial charge in [-0.05, 0) is 50.3 Å². The van der Waals surface area contributed by atoms with Crippen LogP contribution in [0.25, 0.3) is 0 Å². The van der Waals surface area contributed by atoms with E-state index in [0.29, 0.717) is 6.04 Å². The van der Waals surface area contributed by atoms with Gasteiger partial charge < -0.3 is 10.4 Å². The van der Waals surface area contributed by atoms with E-state index in [2.05, 4.69) is 16.4 Å². The Kier molecular flexibility index (Phi) is 4.51. The summed E-state index contributed by atoms with van der Waals surface area (Å²) in [5.74, 6) is 0. The topological polar surface area (TPSA) is 45.1 Å². The number of aromatic nitrogens is 1. The van der Waals surface area contributed by atoms with Crippen LogP contribution in [0.1, 0.15) is 49.9 Å². The van der Waals surface area contributed by atoms with Gasteiger partial charge in [0.2, 0.25) is 0 Å². The molecule has 1 aliphatic rings. The molecule has 0 aromatic carbocycles. The Balaban J connectivity index is 1.90. The molecular weight excluding hydrogens is 212 g/mol. The third kappa shape index (κ3) is 3.27. The van der Waals surface area contributed by atoms with Crippen molar-refractivity contribution in [3.05, 3.63) is 29.6 Å². The monoisotopic (exact) mass is 234 g/mol. The lowest BCUT2D eigenvalue weighted by molar-refractivity contribution is 0.158. The molecule has 0 saturated carbocycles. The number of nitrogens with zero attached hydrogens (tertiary/aromatic N) is 1. The molecule has 0 fully saturated rings. The maximum atomic E-state index is 9.53. The number of fused-ring (bicyclic) bond motifs is 1. The molecule has 2 atom stereocenters. The molecule has 0 amide bonds. The molecule has 94 valence electrons. The number of hydrogen-bond donors (Lipinski definition) is 2. The van der Waals surface area contributed by atoms with Crippen molar-refractivity contribution in [3.8, 4) is 0 Å². The molecule has 0 aliphatic heterocycles. The summed E-state index contributed by atoms with van der Waals surface area (Å²) in [5.41, 5.74) is 2.59. The van der Waals surface area contributed by atoms with Crippen LogP contribution >= 0.6 is 0 Å². The number of aryl methyl sites for hydroxylation is 1. The largest absolute Gasteiger partial charge is 0.393 e. The lowest BCUT2D eigenvalue weighted by Gasteiger charge is -2.25. The van der Waals surface area contributed by atoms with Crippen LogP contribution in [0.2, 0.25) is 0 Å². The fraction of sp³-hybridized carbons (Fsp3) is 0.643. The zero-order valence-electron chi connectivity index (χ0n) is 10.5. The quantitative estimate of drug-likeness (QED) is 0.821. The van der Waals surface area contributed by atoms with Gasteiger partial charge in [-0.2, -0.15) is 0 Å². The summed E-state index contributed by atoms with van der Waals surface area (Å²) in [6.07, 6.45) is 6.91. The highest BCUT2D eigenvalue weighted by molar-refractivity contribution is 5.25. The van der Waals surface area contributed by atoms with E-state index < -0.39 is 0 Å². The van der Waals surface area contributed by atoms with Gasteiger partial charge in [-0.1, -0.05) is 13.0 Å².